The molecule has 0 spiro atoms. The lowest BCUT2D eigenvalue weighted by molar-refractivity contribution is -0.116. The van der Waals surface area contributed by atoms with Crippen molar-refractivity contribution in [3.63, 3.8) is 0 Å². The Morgan fingerprint density at radius 1 is 0.882 bits per heavy atom. The number of fused-ring (bicyclic) bond motifs is 1. The van der Waals surface area contributed by atoms with E-state index >= 15 is 0 Å². The first kappa shape index (κ1) is 22.6. The van der Waals surface area contributed by atoms with Crippen LogP contribution in [-0.4, -0.2) is 5.78 Å². The maximum absolute atomic E-state index is 12.9. The van der Waals surface area contributed by atoms with E-state index in [1.54, 1.807) is 6.08 Å². The Kier molecular flexibility index (Phi) is 6.37. The molecule has 3 aromatic carbocycles. The summed E-state index contributed by atoms with van der Waals surface area (Å²) in [5.41, 5.74) is 9.44. The molecule has 0 radical (unpaired) electrons. The lowest BCUT2D eigenvalue weighted by Gasteiger charge is -2.26. The van der Waals surface area contributed by atoms with Crippen molar-refractivity contribution < 1.29 is 4.79 Å². The van der Waals surface area contributed by atoms with E-state index in [-0.39, 0.29) is 11.7 Å². The van der Waals surface area contributed by atoms with Crippen molar-refractivity contribution >= 4 is 17.4 Å². The number of rotatable bonds is 5. The highest BCUT2D eigenvalue weighted by Crippen LogP contribution is 2.37. The quantitative estimate of drug-likeness (QED) is 0.385. The van der Waals surface area contributed by atoms with Crippen LogP contribution in [0.4, 0.5) is 0 Å². The Bertz CT molecular complexity index is 1240. The summed E-state index contributed by atoms with van der Waals surface area (Å²) < 4.78 is 0. The second-order valence-electron chi connectivity index (χ2n) is 10.3. The summed E-state index contributed by atoms with van der Waals surface area (Å²) in [6.45, 7) is 8.93. The van der Waals surface area contributed by atoms with Crippen LogP contribution in [0.5, 0.6) is 0 Å². The van der Waals surface area contributed by atoms with Gasteiger partial charge in [0.2, 0.25) is 0 Å². The van der Waals surface area contributed by atoms with Crippen LogP contribution in [0.3, 0.4) is 0 Å². The molecule has 0 bridgehead atoms. The summed E-state index contributed by atoms with van der Waals surface area (Å²) in [6, 6.07) is 23.9. The predicted molar refractivity (Wildman–Crippen MR) is 143 cm³/mol. The molecule has 0 heterocycles. The van der Waals surface area contributed by atoms with Crippen LogP contribution in [0.1, 0.15) is 83.4 Å². The molecule has 0 aromatic heterocycles. The molecule has 1 saturated carbocycles. The van der Waals surface area contributed by atoms with Crippen LogP contribution in [0.15, 0.2) is 79.4 Å². The molecule has 3 aromatic rings. The summed E-state index contributed by atoms with van der Waals surface area (Å²) in [7, 11) is 0. The highest BCUT2D eigenvalue weighted by Gasteiger charge is 2.26. The molecule has 2 aliphatic carbocycles. The van der Waals surface area contributed by atoms with Gasteiger partial charge < -0.3 is 0 Å². The van der Waals surface area contributed by atoms with Gasteiger partial charge in [-0.3, -0.25) is 4.79 Å². The third kappa shape index (κ3) is 4.57. The van der Waals surface area contributed by atoms with Gasteiger partial charge in [0.15, 0.2) is 5.78 Å². The minimum absolute atomic E-state index is 0.148. The normalized spacial score (nSPS) is 21.8. The molecule has 5 rings (SSSR count). The summed E-state index contributed by atoms with van der Waals surface area (Å²) in [5, 5.41) is 0. The van der Waals surface area contributed by atoms with Crippen LogP contribution in [0.2, 0.25) is 0 Å². The third-order valence-electron chi connectivity index (χ3n) is 8.01. The number of aryl methyl sites for hydroxylation is 1. The summed E-state index contributed by atoms with van der Waals surface area (Å²) in [4.78, 5) is 12.9. The molecule has 2 aliphatic rings. The zero-order chi connectivity index (χ0) is 23.7. The number of hydrogen-bond donors (Lipinski definition) is 0. The standard InChI is InChI=1S/C33H34O/c1-22-8-10-26(11-9-22)27-14-12-25(13-15-27)24(3)30-17-16-28-18-19-33(34)32(31(28)21-30)20-29-7-5-4-6-23(29)2/h4-7,12-19,21-22,26,32H,3,8-11,20H2,1-2H3. The Morgan fingerprint density at radius 3 is 2.32 bits per heavy atom. The van der Waals surface area contributed by atoms with Crippen molar-refractivity contribution in [1.82, 2.24) is 0 Å². The fraction of sp³-hybridized carbons (Fsp3) is 0.303. The maximum atomic E-state index is 12.9. The first-order valence-electron chi connectivity index (χ1n) is 12.7. The average molecular weight is 447 g/mol. The van der Waals surface area contributed by atoms with E-state index in [9.17, 15) is 4.79 Å². The largest absolute Gasteiger partial charge is 0.294 e. The zero-order valence-electron chi connectivity index (χ0n) is 20.4. The van der Waals surface area contributed by atoms with Crippen molar-refractivity contribution in [3.05, 3.63) is 118 Å². The molecule has 0 N–H and O–H groups in total. The molecular weight excluding hydrogens is 412 g/mol. The van der Waals surface area contributed by atoms with Gasteiger partial charge in [-0.15, -0.1) is 0 Å². The Morgan fingerprint density at radius 2 is 1.59 bits per heavy atom. The number of ketones is 1. The Labute approximate surface area is 204 Å². The van der Waals surface area contributed by atoms with Gasteiger partial charge in [0.25, 0.3) is 0 Å². The summed E-state index contributed by atoms with van der Waals surface area (Å²) in [5.74, 6) is 1.60. The third-order valence-corrected chi connectivity index (χ3v) is 8.01. The zero-order valence-corrected chi connectivity index (χ0v) is 20.4. The smallest absolute Gasteiger partial charge is 0.163 e. The fourth-order valence-corrected chi connectivity index (χ4v) is 5.64. The fourth-order valence-electron chi connectivity index (χ4n) is 5.64. The predicted octanol–water partition coefficient (Wildman–Crippen LogP) is 8.27. The van der Waals surface area contributed by atoms with E-state index in [0.717, 1.165) is 40.2 Å². The molecular formula is C33H34O. The van der Waals surface area contributed by atoms with Gasteiger partial charge in [-0.05, 0) is 94.7 Å². The number of carbonyl (C=O) groups is 1. The van der Waals surface area contributed by atoms with Gasteiger partial charge in [0, 0.05) is 0 Å². The topological polar surface area (TPSA) is 17.1 Å². The first-order chi connectivity index (χ1) is 16.5. The van der Waals surface area contributed by atoms with Gasteiger partial charge in [-0.1, -0.05) is 93.1 Å². The molecule has 1 atom stereocenters. The number of allylic oxidation sites excluding steroid dienone is 1. The van der Waals surface area contributed by atoms with E-state index < -0.39 is 0 Å². The van der Waals surface area contributed by atoms with Gasteiger partial charge in [-0.25, -0.2) is 0 Å². The minimum Gasteiger partial charge on any atom is -0.294 e. The number of hydrogen-bond acceptors (Lipinski definition) is 1. The lowest BCUT2D eigenvalue weighted by Crippen LogP contribution is -2.18. The number of benzene rings is 3. The molecule has 0 amide bonds. The average Bonchev–Trinajstić information content (AvgIpc) is 2.87. The van der Waals surface area contributed by atoms with E-state index in [2.05, 4.69) is 87.2 Å². The molecule has 1 nitrogen and oxygen atoms in total. The summed E-state index contributed by atoms with van der Waals surface area (Å²) in [6.07, 6.45) is 9.71. The van der Waals surface area contributed by atoms with E-state index in [0.29, 0.717) is 5.92 Å². The Hall–Kier alpha value is -3.19. The number of carbonyl (C=O) groups excluding carboxylic acids is 1. The van der Waals surface area contributed by atoms with Crippen molar-refractivity contribution in [1.29, 1.82) is 0 Å². The minimum atomic E-state index is -0.148. The van der Waals surface area contributed by atoms with Gasteiger partial charge in [0.1, 0.15) is 0 Å². The molecule has 1 fully saturated rings. The maximum Gasteiger partial charge on any atom is 0.163 e. The van der Waals surface area contributed by atoms with Gasteiger partial charge >= 0.3 is 0 Å². The monoisotopic (exact) mass is 446 g/mol. The highest BCUT2D eigenvalue weighted by molar-refractivity contribution is 6.02. The van der Waals surface area contributed by atoms with Crippen LogP contribution < -0.4 is 0 Å². The second kappa shape index (κ2) is 9.58. The van der Waals surface area contributed by atoms with Crippen molar-refractivity contribution in [2.24, 2.45) is 5.92 Å². The van der Waals surface area contributed by atoms with Crippen LogP contribution in [0, 0.1) is 12.8 Å². The van der Waals surface area contributed by atoms with E-state index in [1.165, 1.54) is 42.4 Å². The molecule has 172 valence electrons. The first-order valence-corrected chi connectivity index (χ1v) is 12.7. The van der Waals surface area contributed by atoms with E-state index in [1.807, 2.05) is 6.08 Å². The lowest BCUT2D eigenvalue weighted by atomic mass is 9.79. The molecule has 1 heteroatoms. The molecule has 0 saturated heterocycles. The van der Waals surface area contributed by atoms with Crippen molar-refractivity contribution in [2.75, 3.05) is 0 Å². The second-order valence-corrected chi connectivity index (χ2v) is 10.3. The van der Waals surface area contributed by atoms with Crippen LogP contribution in [-0.2, 0) is 11.2 Å². The molecule has 0 aliphatic heterocycles. The molecule has 1 unspecified atom stereocenters. The Balaban J connectivity index is 1.39. The van der Waals surface area contributed by atoms with Crippen molar-refractivity contribution in [2.45, 2.75) is 57.8 Å². The van der Waals surface area contributed by atoms with Crippen LogP contribution in [0.25, 0.3) is 11.6 Å². The highest BCUT2D eigenvalue weighted by atomic mass is 16.1. The van der Waals surface area contributed by atoms with Crippen molar-refractivity contribution in [3.8, 4) is 0 Å². The SMILES string of the molecule is C=C(c1ccc(C2CCC(C)CC2)cc1)c1ccc2c(c1)C(Cc1ccccc1C)C(=O)C=C2. The van der Waals surface area contributed by atoms with Crippen LogP contribution >= 0.6 is 0 Å². The summed E-state index contributed by atoms with van der Waals surface area (Å²) >= 11 is 0. The van der Waals surface area contributed by atoms with E-state index in [4.69, 9.17) is 0 Å². The van der Waals surface area contributed by atoms with Gasteiger partial charge in [-0.2, -0.15) is 0 Å². The van der Waals surface area contributed by atoms with Gasteiger partial charge in [0.05, 0.1) is 5.92 Å². The molecule has 34 heavy (non-hydrogen) atoms.